The summed E-state index contributed by atoms with van der Waals surface area (Å²) in [6, 6.07) is 12.6. The Kier molecular flexibility index (Phi) is 8.22. The summed E-state index contributed by atoms with van der Waals surface area (Å²) in [4.78, 5) is 37.3. The maximum absolute atomic E-state index is 13.6. The number of fused-ring (bicyclic) bond motifs is 5. The number of nitrogens with zero attached hydrogens (tertiary/aromatic N) is 3. The fraction of sp³-hybridized carbons (Fsp3) is 0.419. The van der Waals surface area contributed by atoms with Gasteiger partial charge in [-0.25, -0.2) is 0 Å². The molecule has 4 bridgehead atoms. The molecule has 2 aromatic heterocycles. The van der Waals surface area contributed by atoms with Crippen LogP contribution in [0.2, 0.25) is 0 Å². The number of nitrogens with one attached hydrogen (secondary N) is 2. The van der Waals surface area contributed by atoms with Gasteiger partial charge in [-0.05, 0) is 72.4 Å². The van der Waals surface area contributed by atoms with Crippen LogP contribution in [-0.2, 0) is 16.1 Å². The summed E-state index contributed by atoms with van der Waals surface area (Å²) in [5, 5.41) is 16.8. The molecule has 0 unspecified atom stereocenters. The van der Waals surface area contributed by atoms with Crippen LogP contribution < -0.4 is 15.4 Å². The Morgan fingerprint density at radius 3 is 2.54 bits per heavy atom. The highest BCUT2D eigenvalue weighted by Crippen LogP contribution is 2.30. The van der Waals surface area contributed by atoms with Gasteiger partial charge in [-0.2, -0.15) is 0 Å². The van der Waals surface area contributed by atoms with E-state index in [0.717, 1.165) is 16.7 Å². The minimum absolute atomic E-state index is 0.118. The number of aliphatic hydroxyl groups excluding tert-OH is 1. The summed E-state index contributed by atoms with van der Waals surface area (Å²) >= 11 is 0. The van der Waals surface area contributed by atoms with Crippen LogP contribution in [0.15, 0.2) is 67.3 Å². The summed E-state index contributed by atoms with van der Waals surface area (Å²) in [7, 11) is 0. The zero-order valence-corrected chi connectivity index (χ0v) is 22.8. The third-order valence-corrected chi connectivity index (χ3v) is 8.17. The van der Waals surface area contributed by atoms with Crippen molar-refractivity contribution in [3.8, 4) is 16.9 Å². The smallest absolute Gasteiger partial charge is 0.255 e. The van der Waals surface area contributed by atoms with Crippen molar-refractivity contribution in [1.82, 2.24) is 25.5 Å². The Morgan fingerprint density at radius 2 is 1.73 bits per heavy atom. The number of hydrogen-bond acceptors (Lipinski definition) is 8. The number of hydrogen-bond donors (Lipinski definition) is 3. The highest BCUT2D eigenvalue weighted by Gasteiger charge is 2.39. The molecular formula is C31H35N5O5. The maximum atomic E-state index is 13.6. The predicted molar refractivity (Wildman–Crippen MR) is 151 cm³/mol. The van der Waals surface area contributed by atoms with Gasteiger partial charge in [0.1, 0.15) is 11.9 Å². The predicted octanol–water partition coefficient (Wildman–Crippen LogP) is 2.32. The van der Waals surface area contributed by atoms with Gasteiger partial charge in [0.2, 0.25) is 5.91 Å². The van der Waals surface area contributed by atoms with Crippen molar-refractivity contribution in [1.29, 1.82) is 0 Å². The standard InChI is InChI=1S/C31H35N5O5/c37-27-4-2-24-9-14-40-28-15-22(21-7-12-33-13-8-21)1-3-25(28)30(38)35-23-16-26(31(39)34-17-29(27)41-24)36(19-23)18-20-5-10-32-11-6-20/h1,3,5-8,10-13,15,23-24,26-27,29,37H,2,4,9,14,16-19H2,(H,34,39)(H,35,38)/t23-,24-,26-,27-,29+/m0/s1. The Balaban J connectivity index is 1.29. The molecule has 214 valence electrons. The summed E-state index contributed by atoms with van der Waals surface area (Å²) in [6.07, 6.45) is 8.04. The second-order valence-corrected chi connectivity index (χ2v) is 11.0. The highest BCUT2D eigenvalue weighted by atomic mass is 16.5. The molecule has 0 aliphatic carbocycles. The van der Waals surface area contributed by atoms with Crippen LogP contribution in [0, 0.1) is 0 Å². The number of carbonyl (C=O) groups excluding carboxylic acids is 2. The van der Waals surface area contributed by atoms with Gasteiger partial charge in [-0.3, -0.25) is 24.5 Å². The second kappa shape index (κ2) is 12.3. The van der Waals surface area contributed by atoms with Gasteiger partial charge in [0.25, 0.3) is 5.91 Å². The molecule has 2 saturated heterocycles. The van der Waals surface area contributed by atoms with E-state index in [2.05, 4.69) is 25.5 Å². The molecule has 41 heavy (non-hydrogen) atoms. The van der Waals surface area contributed by atoms with E-state index in [-0.39, 0.29) is 30.5 Å². The van der Waals surface area contributed by atoms with Gasteiger partial charge in [0, 0.05) is 56.9 Å². The van der Waals surface area contributed by atoms with Crippen LogP contribution in [-0.4, -0.2) is 81.9 Å². The van der Waals surface area contributed by atoms with E-state index >= 15 is 0 Å². The average Bonchev–Trinajstić information content (AvgIpc) is 3.39. The molecule has 1 aromatic carbocycles. The van der Waals surface area contributed by atoms with Crippen LogP contribution in [0.1, 0.15) is 41.6 Å². The molecule has 0 spiro atoms. The van der Waals surface area contributed by atoms with Crippen molar-refractivity contribution in [2.24, 2.45) is 0 Å². The molecule has 2 amide bonds. The zero-order valence-electron chi connectivity index (χ0n) is 22.8. The molecule has 3 aromatic rings. The molecule has 3 aliphatic rings. The topological polar surface area (TPSA) is 126 Å². The van der Waals surface area contributed by atoms with Gasteiger partial charge in [-0.1, -0.05) is 6.07 Å². The summed E-state index contributed by atoms with van der Waals surface area (Å²) < 4.78 is 12.4. The van der Waals surface area contributed by atoms with Crippen molar-refractivity contribution < 1.29 is 24.2 Å². The van der Waals surface area contributed by atoms with Gasteiger partial charge in [0.15, 0.2) is 0 Å². The van der Waals surface area contributed by atoms with E-state index in [1.807, 2.05) is 36.4 Å². The lowest BCUT2D eigenvalue weighted by Crippen LogP contribution is -2.50. The monoisotopic (exact) mass is 557 g/mol. The molecule has 10 heteroatoms. The Hall–Kier alpha value is -3.86. The quantitative estimate of drug-likeness (QED) is 0.448. The molecule has 3 N–H and O–H groups in total. The van der Waals surface area contributed by atoms with Crippen molar-refractivity contribution in [2.45, 2.75) is 62.6 Å². The Labute approximate surface area is 239 Å². The van der Waals surface area contributed by atoms with Crippen LogP contribution in [0.4, 0.5) is 0 Å². The van der Waals surface area contributed by atoms with Crippen molar-refractivity contribution in [3.63, 3.8) is 0 Å². The third kappa shape index (κ3) is 6.40. The number of carbonyl (C=O) groups is 2. The Morgan fingerprint density at radius 1 is 0.951 bits per heavy atom. The minimum atomic E-state index is -0.640. The number of benzene rings is 1. The fourth-order valence-electron chi connectivity index (χ4n) is 5.96. The molecule has 0 saturated carbocycles. The fourth-order valence-corrected chi connectivity index (χ4v) is 5.96. The highest BCUT2D eigenvalue weighted by molar-refractivity contribution is 5.98. The largest absolute Gasteiger partial charge is 0.493 e. The first-order chi connectivity index (χ1) is 20.0. The molecule has 5 heterocycles. The second-order valence-electron chi connectivity index (χ2n) is 11.0. The van der Waals surface area contributed by atoms with Crippen molar-refractivity contribution in [3.05, 3.63) is 78.4 Å². The van der Waals surface area contributed by atoms with E-state index in [4.69, 9.17) is 9.47 Å². The average molecular weight is 558 g/mol. The van der Waals surface area contributed by atoms with Gasteiger partial charge in [0.05, 0.1) is 30.4 Å². The lowest BCUT2D eigenvalue weighted by atomic mass is 9.99. The number of aliphatic hydroxyl groups is 1. The van der Waals surface area contributed by atoms with E-state index in [1.165, 1.54) is 0 Å². The first-order valence-corrected chi connectivity index (χ1v) is 14.3. The maximum Gasteiger partial charge on any atom is 0.255 e. The first-order valence-electron chi connectivity index (χ1n) is 14.3. The van der Waals surface area contributed by atoms with Crippen LogP contribution >= 0.6 is 0 Å². The molecule has 0 radical (unpaired) electrons. The normalized spacial score (nSPS) is 27.3. The van der Waals surface area contributed by atoms with E-state index in [9.17, 15) is 14.7 Å². The summed E-state index contributed by atoms with van der Waals surface area (Å²) in [6.45, 7) is 1.64. The van der Waals surface area contributed by atoms with Crippen LogP contribution in [0.5, 0.6) is 5.75 Å². The lowest BCUT2D eigenvalue weighted by Gasteiger charge is -2.34. The van der Waals surface area contributed by atoms with E-state index in [1.54, 1.807) is 30.9 Å². The minimum Gasteiger partial charge on any atom is -0.493 e. The molecule has 5 atom stereocenters. The van der Waals surface area contributed by atoms with Gasteiger partial charge >= 0.3 is 0 Å². The zero-order chi connectivity index (χ0) is 28.2. The van der Waals surface area contributed by atoms with E-state index < -0.39 is 18.2 Å². The van der Waals surface area contributed by atoms with Crippen LogP contribution in [0.25, 0.3) is 11.1 Å². The SMILES string of the molecule is O=C1N[C@H]2C[C@@H](C(=O)NC[C@H]3O[C@H](CCOc4cc(-c5ccncc5)ccc41)CC[C@@H]3O)N(Cc1ccncc1)C2. The molecule has 6 rings (SSSR count). The first kappa shape index (κ1) is 27.3. The number of aromatic nitrogens is 2. The van der Waals surface area contributed by atoms with Crippen molar-refractivity contribution >= 4 is 11.8 Å². The van der Waals surface area contributed by atoms with E-state index in [0.29, 0.717) is 56.7 Å². The number of rotatable bonds is 3. The van der Waals surface area contributed by atoms with Gasteiger partial charge in [-0.15, -0.1) is 0 Å². The molecule has 2 fully saturated rings. The number of amides is 2. The number of ether oxygens (including phenoxy) is 2. The molecule has 10 nitrogen and oxygen atoms in total. The van der Waals surface area contributed by atoms with Crippen LogP contribution in [0.3, 0.4) is 0 Å². The molecule has 3 aliphatic heterocycles. The lowest BCUT2D eigenvalue weighted by molar-refractivity contribution is -0.133. The molecular weight excluding hydrogens is 522 g/mol. The Bertz CT molecular complexity index is 1360. The third-order valence-electron chi connectivity index (χ3n) is 8.17. The number of likely N-dealkylation sites (tertiary alicyclic amines) is 1. The van der Waals surface area contributed by atoms with Crippen molar-refractivity contribution in [2.75, 3.05) is 19.7 Å². The van der Waals surface area contributed by atoms with Gasteiger partial charge < -0.3 is 25.2 Å². The number of pyridine rings is 2. The summed E-state index contributed by atoms with van der Waals surface area (Å²) in [5.41, 5.74) is 3.38. The summed E-state index contributed by atoms with van der Waals surface area (Å²) in [5.74, 6) is 0.129.